The Morgan fingerprint density at radius 2 is 1.60 bits per heavy atom. The second-order valence-electron chi connectivity index (χ2n) is 10.7. The summed E-state index contributed by atoms with van der Waals surface area (Å²) in [6.07, 6.45) is 6.86. The van der Waals surface area contributed by atoms with Crippen molar-refractivity contribution < 1.29 is 14.6 Å². The summed E-state index contributed by atoms with van der Waals surface area (Å²) in [6.45, 7) is 8.18. The first-order valence-electron chi connectivity index (χ1n) is 15.0. The molecule has 0 amide bonds. The molecule has 0 saturated carbocycles. The zero-order valence-electron chi connectivity index (χ0n) is 25.1. The molecule has 1 N–H and O–H groups in total. The maximum atomic E-state index is 14.0. The molecular formula is C35H41N3O4. The molecule has 1 atom stereocenters. The number of unbranched alkanes of at least 4 members (excludes halogenated alkanes) is 1. The largest absolute Gasteiger partial charge is 0.478 e. The smallest absolute Gasteiger partial charge is 0.349 e. The molecule has 0 radical (unpaired) electrons. The van der Waals surface area contributed by atoms with Gasteiger partial charge < -0.3 is 9.84 Å². The van der Waals surface area contributed by atoms with E-state index < -0.39 is 12.1 Å². The molecule has 0 aliphatic rings. The van der Waals surface area contributed by atoms with Crippen LogP contribution in [0.5, 0.6) is 5.75 Å². The number of nitrogens with zero attached hydrogens (tertiary/aromatic N) is 3. The van der Waals surface area contributed by atoms with E-state index in [1.165, 1.54) is 0 Å². The van der Waals surface area contributed by atoms with Gasteiger partial charge in [0, 0.05) is 23.7 Å². The zero-order chi connectivity index (χ0) is 30.1. The van der Waals surface area contributed by atoms with Gasteiger partial charge in [-0.15, -0.1) is 0 Å². The SMILES string of the molecule is CCCCc1nc(C)n(-c2ccccn2)c(=O)c1Cc1cc(CCC)c(OC(C(=O)O)c2ccccc2)c(CCC)c1. The molecule has 0 aliphatic heterocycles. The number of carboxylic acid groups (broad SMARTS) is 1. The van der Waals surface area contributed by atoms with Gasteiger partial charge in [0.05, 0.1) is 5.69 Å². The first kappa shape index (κ1) is 30.7. The number of aromatic nitrogens is 3. The van der Waals surface area contributed by atoms with E-state index in [-0.39, 0.29) is 5.56 Å². The van der Waals surface area contributed by atoms with Crippen LogP contribution in [0.2, 0.25) is 0 Å². The van der Waals surface area contributed by atoms with Gasteiger partial charge >= 0.3 is 5.97 Å². The van der Waals surface area contributed by atoms with E-state index in [0.29, 0.717) is 34.9 Å². The van der Waals surface area contributed by atoms with Crippen LogP contribution in [0.4, 0.5) is 0 Å². The molecule has 0 bridgehead atoms. The summed E-state index contributed by atoms with van der Waals surface area (Å²) in [5.74, 6) is 0.782. The molecule has 1 unspecified atom stereocenters. The molecule has 2 aromatic heterocycles. The highest BCUT2D eigenvalue weighted by atomic mass is 16.5. The number of aryl methyl sites for hydroxylation is 4. The number of pyridine rings is 1. The second-order valence-corrected chi connectivity index (χ2v) is 10.7. The van der Waals surface area contributed by atoms with Crippen LogP contribution in [-0.4, -0.2) is 25.6 Å². The topological polar surface area (TPSA) is 94.3 Å². The molecule has 220 valence electrons. The van der Waals surface area contributed by atoms with Crippen molar-refractivity contribution in [3.8, 4) is 11.6 Å². The fourth-order valence-electron chi connectivity index (χ4n) is 5.40. The summed E-state index contributed by atoms with van der Waals surface area (Å²) < 4.78 is 7.94. The van der Waals surface area contributed by atoms with Crippen LogP contribution in [0.25, 0.3) is 5.82 Å². The average molecular weight is 568 g/mol. The lowest BCUT2D eigenvalue weighted by atomic mass is 9.94. The van der Waals surface area contributed by atoms with Gasteiger partial charge in [0.2, 0.25) is 6.10 Å². The minimum Gasteiger partial charge on any atom is -0.478 e. The lowest BCUT2D eigenvalue weighted by molar-refractivity contribution is -0.145. The lowest BCUT2D eigenvalue weighted by Crippen LogP contribution is -2.29. The van der Waals surface area contributed by atoms with E-state index in [9.17, 15) is 14.7 Å². The number of hydrogen-bond acceptors (Lipinski definition) is 5. The Bertz CT molecular complexity index is 1520. The van der Waals surface area contributed by atoms with Gasteiger partial charge in [0.25, 0.3) is 5.56 Å². The molecule has 42 heavy (non-hydrogen) atoms. The van der Waals surface area contributed by atoms with E-state index >= 15 is 0 Å². The number of benzene rings is 2. The molecule has 4 aromatic rings. The molecule has 0 spiro atoms. The summed E-state index contributed by atoms with van der Waals surface area (Å²) in [5, 5.41) is 10.1. The summed E-state index contributed by atoms with van der Waals surface area (Å²) in [5.41, 5.74) is 4.91. The zero-order valence-corrected chi connectivity index (χ0v) is 25.1. The van der Waals surface area contributed by atoms with E-state index in [1.807, 2.05) is 43.3 Å². The van der Waals surface area contributed by atoms with Crippen molar-refractivity contribution in [2.45, 2.75) is 85.2 Å². The van der Waals surface area contributed by atoms with Gasteiger partial charge in [-0.1, -0.05) is 88.6 Å². The Morgan fingerprint density at radius 3 is 2.17 bits per heavy atom. The molecule has 0 aliphatic carbocycles. The summed E-state index contributed by atoms with van der Waals surface area (Å²) in [6, 6.07) is 18.7. The van der Waals surface area contributed by atoms with E-state index in [2.05, 4.69) is 37.9 Å². The third kappa shape index (κ3) is 7.14. The van der Waals surface area contributed by atoms with Crippen molar-refractivity contribution in [2.24, 2.45) is 0 Å². The minimum absolute atomic E-state index is 0.100. The standard InChI is InChI=1S/C35H41N3O4/c1-5-8-18-30-29(34(39)38(24(4)37-30)31-19-12-13-20-36-31)23-25-21-27(14-6-2)32(28(22-25)15-7-3)42-33(35(40)41)26-16-10-9-11-17-26/h9-13,16-17,19-22,33H,5-8,14-15,18,23H2,1-4H3,(H,40,41). The van der Waals surface area contributed by atoms with Crippen molar-refractivity contribution in [1.29, 1.82) is 0 Å². The van der Waals surface area contributed by atoms with E-state index in [0.717, 1.165) is 67.3 Å². The summed E-state index contributed by atoms with van der Waals surface area (Å²) in [4.78, 5) is 35.7. The van der Waals surface area contributed by atoms with E-state index in [1.54, 1.807) is 22.9 Å². The monoisotopic (exact) mass is 567 g/mol. The fraction of sp³-hybridized carbons (Fsp3) is 0.371. The van der Waals surface area contributed by atoms with Crippen LogP contribution in [0.15, 0.2) is 71.7 Å². The van der Waals surface area contributed by atoms with Crippen molar-refractivity contribution in [2.75, 3.05) is 0 Å². The number of hydrogen-bond donors (Lipinski definition) is 1. The van der Waals surface area contributed by atoms with Crippen LogP contribution >= 0.6 is 0 Å². The van der Waals surface area contributed by atoms with Crippen LogP contribution in [-0.2, 0) is 30.5 Å². The van der Waals surface area contributed by atoms with Gasteiger partial charge in [0.15, 0.2) is 0 Å². The molecule has 7 heteroatoms. The Morgan fingerprint density at radius 1 is 0.929 bits per heavy atom. The van der Waals surface area contributed by atoms with Crippen molar-refractivity contribution in [3.63, 3.8) is 0 Å². The first-order valence-corrected chi connectivity index (χ1v) is 15.0. The third-order valence-corrected chi connectivity index (χ3v) is 7.36. The number of rotatable bonds is 14. The maximum absolute atomic E-state index is 14.0. The Hall–Kier alpha value is -4.26. The number of ether oxygens (including phenoxy) is 1. The number of carbonyl (C=O) groups is 1. The van der Waals surface area contributed by atoms with E-state index in [4.69, 9.17) is 9.72 Å². The second kappa shape index (κ2) is 14.6. The first-order chi connectivity index (χ1) is 20.4. The number of carboxylic acids is 1. The number of aliphatic carboxylic acids is 1. The highest BCUT2D eigenvalue weighted by Gasteiger charge is 2.25. The van der Waals surface area contributed by atoms with Gasteiger partial charge in [0.1, 0.15) is 17.4 Å². The molecule has 2 aromatic carbocycles. The van der Waals surface area contributed by atoms with Gasteiger partial charge in [-0.25, -0.2) is 19.3 Å². The molecular weight excluding hydrogens is 526 g/mol. The molecule has 4 rings (SSSR count). The van der Waals surface area contributed by atoms with Gasteiger partial charge in [-0.3, -0.25) is 4.79 Å². The Balaban J connectivity index is 1.83. The van der Waals surface area contributed by atoms with Gasteiger partial charge in [-0.05, 0) is 61.4 Å². The van der Waals surface area contributed by atoms with Crippen molar-refractivity contribution >= 4 is 5.97 Å². The van der Waals surface area contributed by atoms with Crippen molar-refractivity contribution in [3.05, 3.63) is 117 Å². The van der Waals surface area contributed by atoms with Crippen LogP contribution < -0.4 is 10.3 Å². The fourth-order valence-corrected chi connectivity index (χ4v) is 5.40. The predicted molar refractivity (Wildman–Crippen MR) is 166 cm³/mol. The van der Waals surface area contributed by atoms with Crippen LogP contribution in [0.1, 0.15) is 91.9 Å². The highest BCUT2D eigenvalue weighted by Crippen LogP contribution is 2.34. The molecule has 7 nitrogen and oxygen atoms in total. The van der Waals surface area contributed by atoms with Gasteiger partial charge in [-0.2, -0.15) is 0 Å². The molecule has 0 fully saturated rings. The minimum atomic E-state index is -1.12. The highest BCUT2D eigenvalue weighted by molar-refractivity contribution is 5.75. The maximum Gasteiger partial charge on any atom is 0.349 e. The Labute approximate surface area is 248 Å². The molecule has 2 heterocycles. The lowest BCUT2D eigenvalue weighted by Gasteiger charge is -2.22. The summed E-state index contributed by atoms with van der Waals surface area (Å²) in [7, 11) is 0. The van der Waals surface area contributed by atoms with Crippen molar-refractivity contribution in [1.82, 2.24) is 14.5 Å². The normalized spacial score (nSPS) is 11.8. The molecule has 0 saturated heterocycles. The predicted octanol–water partition coefficient (Wildman–Crippen LogP) is 6.98. The van der Waals surface area contributed by atoms with Crippen LogP contribution in [0, 0.1) is 6.92 Å². The third-order valence-electron chi connectivity index (χ3n) is 7.36. The average Bonchev–Trinajstić information content (AvgIpc) is 2.98. The summed E-state index contributed by atoms with van der Waals surface area (Å²) >= 11 is 0. The quantitative estimate of drug-likeness (QED) is 0.177. The Kier molecular flexibility index (Phi) is 10.7. The van der Waals surface area contributed by atoms with Crippen LogP contribution in [0.3, 0.4) is 0 Å².